The molecule has 1 aromatic carbocycles. The van der Waals surface area contributed by atoms with Gasteiger partial charge < -0.3 is 15.7 Å². The maximum absolute atomic E-state index is 12.1. The smallest absolute Gasteiger partial charge is 0.303 e. The normalized spacial score (nSPS) is 11.1. The van der Waals surface area contributed by atoms with E-state index in [0.717, 1.165) is 51.4 Å². The molecule has 0 aliphatic rings. The fraction of sp³-hybridized carbons (Fsp3) is 0.500. The van der Waals surface area contributed by atoms with Crippen molar-refractivity contribution >= 4 is 29.3 Å². The zero-order valence-corrected chi connectivity index (χ0v) is 18.5. The van der Waals surface area contributed by atoms with E-state index in [0.29, 0.717) is 23.4 Å². The van der Waals surface area contributed by atoms with Gasteiger partial charge in [0, 0.05) is 35.9 Å². The first-order chi connectivity index (χ1) is 14.8. The molecule has 7 heteroatoms. The van der Waals surface area contributed by atoms with Gasteiger partial charge in [0.1, 0.15) is 0 Å². The van der Waals surface area contributed by atoms with Crippen LogP contribution in [0.25, 0.3) is 0 Å². The molecule has 31 heavy (non-hydrogen) atoms. The quantitative estimate of drug-likeness (QED) is 0.216. The van der Waals surface area contributed by atoms with Crippen LogP contribution in [0.15, 0.2) is 35.9 Å². The zero-order chi connectivity index (χ0) is 23.1. The monoisotopic (exact) mass is 430 g/mol. The van der Waals surface area contributed by atoms with Crippen LogP contribution in [-0.4, -0.2) is 35.2 Å². The minimum atomic E-state index is -0.729. The summed E-state index contributed by atoms with van der Waals surface area (Å²) in [6, 6.07) is 6.57. The molecule has 3 N–H and O–H groups in total. The van der Waals surface area contributed by atoms with Crippen molar-refractivity contribution in [3.8, 4) is 0 Å². The minimum absolute atomic E-state index is 0.0433. The van der Waals surface area contributed by atoms with Crippen molar-refractivity contribution in [2.24, 2.45) is 0 Å². The molecule has 0 unspecified atom stereocenters. The van der Waals surface area contributed by atoms with Gasteiger partial charge in [-0.1, -0.05) is 38.5 Å². The van der Waals surface area contributed by atoms with Gasteiger partial charge in [-0.3, -0.25) is 19.2 Å². The molecule has 1 rings (SSSR count). The van der Waals surface area contributed by atoms with Crippen molar-refractivity contribution in [2.45, 2.75) is 71.6 Å². The number of amides is 2. The van der Waals surface area contributed by atoms with Gasteiger partial charge in [-0.15, -0.1) is 0 Å². The molecule has 0 atom stereocenters. The maximum Gasteiger partial charge on any atom is 0.303 e. The summed E-state index contributed by atoms with van der Waals surface area (Å²) < 4.78 is 0. The van der Waals surface area contributed by atoms with E-state index in [-0.39, 0.29) is 18.1 Å². The largest absolute Gasteiger partial charge is 0.481 e. The first kappa shape index (κ1) is 26.1. The summed E-state index contributed by atoms with van der Waals surface area (Å²) in [5.41, 5.74) is 1.46. The summed E-state index contributed by atoms with van der Waals surface area (Å²) in [6.07, 6.45) is 9.52. The molecular weight excluding hydrogens is 396 g/mol. The molecule has 170 valence electrons. The van der Waals surface area contributed by atoms with Gasteiger partial charge in [-0.2, -0.15) is 0 Å². The van der Waals surface area contributed by atoms with E-state index in [2.05, 4.69) is 10.6 Å². The highest BCUT2D eigenvalue weighted by Crippen LogP contribution is 2.11. The van der Waals surface area contributed by atoms with Gasteiger partial charge in [-0.25, -0.2) is 0 Å². The number of unbranched alkanes of at least 4 members (excludes halogenated alkanes) is 7. The predicted molar refractivity (Wildman–Crippen MR) is 121 cm³/mol. The lowest BCUT2D eigenvalue weighted by molar-refractivity contribution is -0.137. The Kier molecular flexibility index (Phi) is 12.6. The van der Waals surface area contributed by atoms with Crippen molar-refractivity contribution in [1.29, 1.82) is 0 Å². The second kappa shape index (κ2) is 14.9. The number of nitrogens with one attached hydrogen (secondary N) is 2. The average molecular weight is 431 g/mol. The zero-order valence-electron chi connectivity index (χ0n) is 18.5. The second-order valence-corrected chi connectivity index (χ2v) is 7.68. The Hall–Kier alpha value is -2.96. The number of aliphatic carboxylic acids is 1. The molecule has 0 heterocycles. The van der Waals surface area contributed by atoms with Crippen LogP contribution in [0.3, 0.4) is 0 Å². The Morgan fingerprint density at radius 3 is 1.94 bits per heavy atom. The van der Waals surface area contributed by atoms with Crippen molar-refractivity contribution in [1.82, 2.24) is 5.32 Å². The summed E-state index contributed by atoms with van der Waals surface area (Å²) >= 11 is 0. The summed E-state index contributed by atoms with van der Waals surface area (Å²) in [5, 5.41) is 14.1. The van der Waals surface area contributed by atoms with Gasteiger partial charge in [0.15, 0.2) is 5.78 Å². The Balaban J connectivity index is 2.16. The number of ketones is 1. The molecule has 0 aromatic heterocycles. The Morgan fingerprint density at radius 2 is 1.39 bits per heavy atom. The van der Waals surface area contributed by atoms with Crippen molar-refractivity contribution < 1.29 is 24.3 Å². The molecular formula is C24H34N2O5. The third-order valence-electron chi connectivity index (χ3n) is 4.87. The highest BCUT2D eigenvalue weighted by atomic mass is 16.4. The number of anilines is 1. The Morgan fingerprint density at radius 1 is 0.839 bits per heavy atom. The molecule has 0 saturated carbocycles. The molecule has 0 bridgehead atoms. The van der Waals surface area contributed by atoms with Gasteiger partial charge in [0.25, 0.3) is 0 Å². The standard InChI is InChI=1S/C24H34N2O5/c1-18(17-22(28)26-21-14-12-20(13-15-21)19(2)27)24(31)25-16-10-8-6-4-3-5-7-9-11-23(29)30/h12-15,17H,3-11,16H2,1-2H3,(H,25,31)(H,26,28)(H,29,30)/b18-17-. The summed E-state index contributed by atoms with van der Waals surface area (Å²) in [5.74, 6) is -1.43. The molecule has 0 fully saturated rings. The van der Waals surface area contributed by atoms with Crippen molar-refractivity contribution in [3.05, 3.63) is 41.5 Å². The summed E-state index contributed by atoms with van der Waals surface area (Å²) in [4.78, 5) is 45.8. The number of rotatable bonds is 15. The van der Waals surface area contributed by atoms with Crippen LogP contribution in [0.1, 0.15) is 82.0 Å². The van der Waals surface area contributed by atoms with Gasteiger partial charge in [0.2, 0.25) is 11.8 Å². The summed E-state index contributed by atoms with van der Waals surface area (Å²) in [7, 11) is 0. The van der Waals surface area contributed by atoms with Crippen LogP contribution < -0.4 is 10.6 Å². The molecule has 0 spiro atoms. The fourth-order valence-electron chi connectivity index (χ4n) is 3.03. The molecule has 0 saturated heterocycles. The van der Waals surface area contributed by atoms with Crippen LogP contribution >= 0.6 is 0 Å². The highest BCUT2D eigenvalue weighted by molar-refractivity contribution is 6.06. The van der Waals surface area contributed by atoms with E-state index in [1.807, 2.05) is 0 Å². The van der Waals surface area contributed by atoms with E-state index >= 15 is 0 Å². The topological polar surface area (TPSA) is 113 Å². The lowest BCUT2D eigenvalue weighted by Gasteiger charge is -2.07. The van der Waals surface area contributed by atoms with Crippen LogP contribution in [0, 0.1) is 0 Å². The van der Waals surface area contributed by atoms with E-state index in [1.165, 1.54) is 13.0 Å². The SMILES string of the molecule is CC(=O)c1ccc(NC(=O)/C=C(/C)C(=O)NCCCCCCCCCCC(=O)O)cc1. The van der Waals surface area contributed by atoms with E-state index < -0.39 is 11.9 Å². The predicted octanol–water partition coefficient (Wildman–Crippen LogP) is 4.49. The van der Waals surface area contributed by atoms with Gasteiger partial charge in [0.05, 0.1) is 0 Å². The van der Waals surface area contributed by atoms with Crippen LogP contribution in [0.5, 0.6) is 0 Å². The summed E-state index contributed by atoms with van der Waals surface area (Å²) in [6.45, 7) is 3.64. The van der Waals surface area contributed by atoms with Gasteiger partial charge >= 0.3 is 5.97 Å². The molecule has 2 amide bonds. The Bertz CT molecular complexity index is 769. The average Bonchev–Trinajstić information content (AvgIpc) is 2.71. The first-order valence-corrected chi connectivity index (χ1v) is 10.9. The molecule has 7 nitrogen and oxygen atoms in total. The second-order valence-electron chi connectivity index (χ2n) is 7.68. The van der Waals surface area contributed by atoms with Crippen LogP contribution in [0.2, 0.25) is 0 Å². The van der Waals surface area contributed by atoms with Crippen LogP contribution in [0.4, 0.5) is 5.69 Å². The molecule has 0 aliphatic heterocycles. The number of carbonyl (C=O) groups is 4. The number of Topliss-reactive ketones (excluding diaryl/α,β-unsaturated/α-hetero) is 1. The highest BCUT2D eigenvalue weighted by Gasteiger charge is 2.07. The van der Waals surface area contributed by atoms with Crippen LogP contribution in [-0.2, 0) is 14.4 Å². The molecule has 0 radical (unpaired) electrons. The lowest BCUT2D eigenvalue weighted by atomic mass is 10.1. The van der Waals surface area contributed by atoms with E-state index in [1.54, 1.807) is 31.2 Å². The van der Waals surface area contributed by atoms with E-state index in [9.17, 15) is 19.2 Å². The maximum atomic E-state index is 12.1. The van der Waals surface area contributed by atoms with E-state index in [4.69, 9.17) is 5.11 Å². The van der Waals surface area contributed by atoms with Crippen molar-refractivity contribution in [2.75, 3.05) is 11.9 Å². The molecule has 0 aliphatic carbocycles. The lowest BCUT2D eigenvalue weighted by Crippen LogP contribution is -2.26. The Labute approximate surface area is 184 Å². The minimum Gasteiger partial charge on any atom is -0.481 e. The van der Waals surface area contributed by atoms with Crippen molar-refractivity contribution in [3.63, 3.8) is 0 Å². The number of carboxylic acids is 1. The number of hydrogen-bond acceptors (Lipinski definition) is 4. The number of hydrogen-bond donors (Lipinski definition) is 3. The fourth-order valence-corrected chi connectivity index (χ4v) is 3.03. The third-order valence-corrected chi connectivity index (χ3v) is 4.87. The first-order valence-electron chi connectivity index (χ1n) is 10.9. The number of carbonyl (C=O) groups excluding carboxylic acids is 3. The third kappa shape index (κ3) is 12.4. The van der Waals surface area contributed by atoms with Gasteiger partial charge in [-0.05, 0) is 51.0 Å². The molecule has 1 aromatic rings. The number of benzene rings is 1. The number of carboxylic acid groups (broad SMARTS) is 1.